The third kappa shape index (κ3) is 4.33. The highest BCUT2D eigenvalue weighted by Gasteiger charge is 2.02. The Kier molecular flexibility index (Phi) is 5.63. The molecule has 0 unspecified atom stereocenters. The van der Waals surface area contributed by atoms with Crippen LogP contribution in [0.4, 0.5) is 4.39 Å². The Bertz CT molecular complexity index is 655. The molecule has 0 heterocycles. The summed E-state index contributed by atoms with van der Waals surface area (Å²) in [7, 11) is 0. The maximum absolute atomic E-state index is 13.0. The normalized spacial score (nSPS) is 10.9. The Morgan fingerprint density at radius 1 is 1.20 bits per heavy atom. The van der Waals surface area contributed by atoms with Crippen molar-refractivity contribution in [3.63, 3.8) is 0 Å². The van der Waals surface area contributed by atoms with E-state index in [4.69, 9.17) is 11.6 Å². The van der Waals surface area contributed by atoms with E-state index in [-0.39, 0.29) is 10.8 Å². The van der Waals surface area contributed by atoms with Crippen LogP contribution in [-0.2, 0) is 0 Å². The average molecular weight is 419 g/mol. The molecule has 102 valence electrons. The van der Waals surface area contributed by atoms with E-state index >= 15 is 0 Å². The minimum Gasteiger partial charge on any atom is -0.289 e. The summed E-state index contributed by atoms with van der Waals surface area (Å²) < 4.78 is 14.1. The summed E-state index contributed by atoms with van der Waals surface area (Å²) in [4.78, 5) is 12.7. The minimum absolute atomic E-state index is 0.0675. The molecule has 2 aromatic rings. The molecule has 1 nitrogen and oxygen atoms in total. The van der Waals surface area contributed by atoms with Crippen LogP contribution in [0, 0.1) is 9.39 Å². The molecule has 0 spiro atoms. The Balaban J connectivity index is 2.00. The van der Waals surface area contributed by atoms with Crippen LogP contribution in [-0.4, -0.2) is 5.78 Å². The highest BCUT2D eigenvalue weighted by molar-refractivity contribution is 14.1. The topological polar surface area (TPSA) is 17.1 Å². The van der Waals surface area contributed by atoms with Crippen LogP contribution >= 0.6 is 46.0 Å². The zero-order chi connectivity index (χ0) is 14.5. The molecule has 0 saturated carbocycles. The van der Waals surface area contributed by atoms with Crippen LogP contribution in [0.15, 0.2) is 58.8 Å². The van der Waals surface area contributed by atoms with Gasteiger partial charge < -0.3 is 0 Å². The van der Waals surface area contributed by atoms with Gasteiger partial charge in [-0.25, -0.2) is 4.39 Å². The second-order valence-electron chi connectivity index (χ2n) is 3.87. The van der Waals surface area contributed by atoms with E-state index in [0.717, 1.165) is 8.47 Å². The lowest BCUT2D eigenvalue weighted by molar-refractivity contribution is 0.104. The fourth-order valence-corrected chi connectivity index (χ4v) is 2.72. The zero-order valence-electron chi connectivity index (χ0n) is 10.1. The highest BCUT2D eigenvalue weighted by atomic mass is 127. The number of ketones is 1. The Morgan fingerprint density at radius 3 is 2.55 bits per heavy atom. The molecule has 20 heavy (non-hydrogen) atoms. The number of carbonyl (C=O) groups is 1. The number of hydrogen-bond acceptors (Lipinski definition) is 2. The summed E-state index contributed by atoms with van der Waals surface area (Å²) in [5, 5.41) is 1.75. The van der Waals surface area contributed by atoms with Gasteiger partial charge in [0.15, 0.2) is 5.78 Å². The average Bonchev–Trinajstić information content (AvgIpc) is 2.43. The Labute approximate surface area is 139 Å². The molecule has 0 radical (unpaired) electrons. The molecular formula is C15H9ClFIOS. The van der Waals surface area contributed by atoms with Crippen LogP contribution < -0.4 is 0 Å². The largest absolute Gasteiger partial charge is 0.289 e. The maximum atomic E-state index is 13.0. The van der Waals surface area contributed by atoms with Gasteiger partial charge in [-0.1, -0.05) is 35.5 Å². The first-order valence-electron chi connectivity index (χ1n) is 5.64. The van der Waals surface area contributed by atoms with Crippen molar-refractivity contribution in [1.82, 2.24) is 0 Å². The lowest BCUT2D eigenvalue weighted by Crippen LogP contribution is -1.93. The number of allylic oxidation sites excluding steroid dienone is 1. The number of benzene rings is 2. The predicted octanol–water partition coefficient (Wildman–Crippen LogP) is 5.57. The summed E-state index contributed by atoms with van der Waals surface area (Å²) in [6.45, 7) is 0. The third-order valence-electron chi connectivity index (χ3n) is 2.44. The van der Waals surface area contributed by atoms with Gasteiger partial charge >= 0.3 is 0 Å². The van der Waals surface area contributed by atoms with Crippen molar-refractivity contribution in [3.8, 4) is 0 Å². The molecule has 0 aliphatic carbocycles. The van der Waals surface area contributed by atoms with E-state index < -0.39 is 5.82 Å². The van der Waals surface area contributed by atoms with Crippen LogP contribution in [0.25, 0.3) is 0 Å². The monoisotopic (exact) mass is 418 g/mol. The van der Waals surface area contributed by atoms with E-state index in [2.05, 4.69) is 22.6 Å². The van der Waals surface area contributed by atoms with Gasteiger partial charge in [0.05, 0.1) is 5.02 Å². The summed E-state index contributed by atoms with van der Waals surface area (Å²) in [5.41, 5.74) is 0.638. The van der Waals surface area contributed by atoms with Gasteiger partial charge in [0.25, 0.3) is 0 Å². The third-order valence-corrected chi connectivity index (χ3v) is 4.25. The minimum atomic E-state index is -0.449. The summed E-state index contributed by atoms with van der Waals surface area (Å²) >= 11 is 9.19. The number of rotatable bonds is 4. The van der Waals surface area contributed by atoms with Crippen molar-refractivity contribution in [2.45, 2.75) is 4.90 Å². The molecule has 0 saturated heterocycles. The summed E-state index contributed by atoms with van der Waals surface area (Å²) in [5.74, 6) is -0.517. The second-order valence-corrected chi connectivity index (χ2v) is 6.50. The second kappa shape index (κ2) is 7.24. The number of hydrogen-bond donors (Lipinski definition) is 0. The molecule has 0 aliphatic heterocycles. The molecule has 0 aliphatic rings. The molecule has 5 heteroatoms. The molecule has 0 atom stereocenters. The van der Waals surface area contributed by atoms with E-state index in [9.17, 15) is 9.18 Å². The summed E-state index contributed by atoms with van der Waals surface area (Å²) in [6, 6.07) is 11.8. The Hall–Kier alpha value is -0.850. The van der Waals surface area contributed by atoms with Gasteiger partial charge in [0, 0.05) is 14.0 Å². The quantitative estimate of drug-likeness (QED) is 0.279. The molecule has 2 rings (SSSR count). The molecule has 0 aromatic heterocycles. The SMILES string of the molecule is O=C(/C=C/Sc1ccc(F)c(Cl)c1)c1ccc(I)cc1. The van der Waals surface area contributed by atoms with Gasteiger partial charge in [0.1, 0.15) is 5.82 Å². The smallest absolute Gasteiger partial charge is 0.186 e. The van der Waals surface area contributed by atoms with E-state index in [1.54, 1.807) is 23.6 Å². The number of halogens is 3. The standard InChI is InChI=1S/C15H9ClFIOS/c16-13-9-12(5-6-14(13)17)20-8-7-15(19)10-1-3-11(18)4-2-10/h1-9H/b8-7+. The molecule has 0 fully saturated rings. The molecule has 0 N–H and O–H groups in total. The molecule has 2 aromatic carbocycles. The molecule has 0 bridgehead atoms. The zero-order valence-corrected chi connectivity index (χ0v) is 13.9. The fraction of sp³-hybridized carbons (Fsp3) is 0. The first-order chi connectivity index (χ1) is 9.56. The van der Waals surface area contributed by atoms with Gasteiger partial charge in [-0.2, -0.15) is 0 Å². The van der Waals surface area contributed by atoms with E-state index in [0.29, 0.717) is 5.56 Å². The van der Waals surface area contributed by atoms with Crippen molar-refractivity contribution >= 4 is 51.7 Å². The van der Waals surface area contributed by atoms with Crippen LogP contribution in [0.3, 0.4) is 0 Å². The first kappa shape index (κ1) is 15.5. The van der Waals surface area contributed by atoms with Gasteiger partial charge in [-0.15, -0.1) is 0 Å². The molecular weight excluding hydrogens is 410 g/mol. The molecule has 0 amide bonds. The Morgan fingerprint density at radius 2 is 1.90 bits per heavy atom. The highest BCUT2D eigenvalue weighted by Crippen LogP contribution is 2.24. The first-order valence-corrected chi connectivity index (χ1v) is 7.98. The van der Waals surface area contributed by atoms with Gasteiger partial charge in [-0.3, -0.25) is 4.79 Å². The maximum Gasteiger partial charge on any atom is 0.186 e. The lowest BCUT2D eigenvalue weighted by atomic mass is 10.1. The van der Waals surface area contributed by atoms with Crippen LogP contribution in [0.2, 0.25) is 5.02 Å². The number of thioether (sulfide) groups is 1. The van der Waals surface area contributed by atoms with E-state index in [1.165, 1.54) is 30.0 Å². The van der Waals surface area contributed by atoms with E-state index in [1.807, 2.05) is 12.1 Å². The van der Waals surface area contributed by atoms with Crippen LogP contribution in [0.1, 0.15) is 10.4 Å². The van der Waals surface area contributed by atoms with Gasteiger partial charge in [0.2, 0.25) is 0 Å². The van der Waals surface area contributed by atoms with Crippen molar-refractivity contribution in [3.05, 3.63) is 73.9 Å². The summed E-state index contributed by atoms with van der Waals surface area (Å²) in [6.07, 6.45) is 1.49. The predicted molar refractivity (Wildman–Crippen MR) is 89.9 cm³/mol. The lowest BCUT2D eigenvalue weighted by Gasteiger charge is -1.98. The van der Waals surface area contributed by atoms with Crippen molar-refractivity contribution < 1.29 is 9.18 Å². The van der Waals surface area contributed by atoms with Gasteiger partial charge in [-0.05, 0) is 64.4 Å². The number of carbonyl (C=O) groups excluding carboxylic acids is 1. The van der Waals surface area contributed by atoms with Crippen molar-refractivity contribution in [2.24, 2.45) is 0 Å². The van der Waals surface area contributed by atoms with Crippen LogP contribution in [0.5, 0.6) is 0 Å². The fourth-order valence-electron chi connectivity index (χ4n) is 1.43. The van der Waals surface area contributed by atoms with Crippen molar-refractivity contribution in [2.75, 3.05) is 0 Å². The van der Waals surface area contributed by atoms with Crippen molar-refractivity contribution in [1.29, 1.82) is 0 Å².